The summed E-state index contributed by atoms with van der Waals surface area (Å²) in [6, 6.07) is 84.4. The van der Waals surface area contributed by atoms with Crippen molar-refractivity contribution in [2.24, 2.45) is 0 Å². The molecule has 0 radical (unpaired) electrons. The van der Waals surface area contributed by atoms with E-state index in [0.29, 0.717) is 17.5 Å². The zero-order valence-electron chi connectivity index (χ0n) is 39.2. The van der Waals surface area contributed by atoms with Crippen molar-refractivity contribution in [3.05, 3.63) is 237 Å². The van der Waals surface area contributed by atoms with E-state index in [1.165, 1.54) is 32.3 Å². The summed E-state index contributed by atoms with van der Waals surface area (Å²) in [5.41, 5.74) is 11.0. The second kappa shape index (κ2) is 15.3. The van der Waals surface area contributed by atoms with Crippen molar-refractivity contribution in [3.8, 4) is 45.5 Å². The fourth-order valence-electron chi connectivity index (χ4n) is 11.8. The average molecular weight is 930 g/mol. The van der Waals surface area contributed by atoms with E-state index < -0.39 is 0 Å². The molecule has 16 aromatic rings. The zero-order valence-corrected chi connectivity index (χ0v) is 39.2. The van der Waals surface area contributed by atoms with Gasteiger partial charge < -0.3 is 13.6 Å². The Labute approximate surface area is 417 Å². The first kappa shape index (κ1) is 39.9. The molecular weight excluding hydrogens is 891 g/mol. The van der Waals surface area contributed by atoms with Gasteiger partial charge in [0.15, 0.2) is 17.5 Å². The molecule has 0 aliphatic heterocycles. The van der Waals surface area contributed by atoms with Gasteiger partial charge in [-0.25, -0.2) is 15.0 Å². The maximum Gasteiger partial charge on any atom is 0.164 e. The van der Waals surface area contributed by atoms with Crippen LogP contribution in [0.1, 0.15) is 0 Å². The summed E-state index contributed by atoms with van der Waals surface area (Å²) < 4.78 is 11.8. The zero-order chi connectivity index (χ0) is 47.7. The van der Waals surface area contributed by atoms with E-state index in [0.717, 1.165) is 104 Å². The van der Waals surface area contributed by atoms with Crippen LogP contribution in [0.5, 0.6) is 0 Å². The van der Waals surface area contributed by atoms with Gasteiger partial charge in [0.05, 0.1) is 27.8 Å². The van der Waals surface area contributed by atoms with Crippen LogP contribution >= 0.6 is 0 Å². The Morgan fingerprint density at radius 3 is 1.71 bits per heavy atom. The molecule has 12 aromatic carbocycles. The summed E-state index contributed by atoms with van der Waals surface area (Å²) in [6.07, 6.45) is 0. The van der Waals surface area contributed by atoms with Gasteiger partial charge in [-0.15, -0.1) is 0 Å². The highest BCUT2D eigenvalue weighted by Crippen LogP contribution is 2.46. The van der Waals surface area contributed by atoms with E-state index in [2.05, 4.69) is 246 Å². The monoisotopic (exact) mass is 929 g/mol. The Hall–Kier alpha value is -9.91. The highest BCUT2D eigenvalue weighted by Gasteiger charge is 2.24. The lowest BCUT2D eigenvalue weighted by molar-refractivity contribution is 0.669. The van der Waals surface area contributed by atoms with Crippen molar-refractivity contribution in [1.82, 2.24) is 24.1 Å². The highest BCUT2D eigenvalue weighted by atomic mass is 16.3. The fourth-order valence-corrected chi connectivity index (χ4v) is 11.8. The Bertz CT molecular complexity index is 4980. The standard InChI is InChI=1S/C67H39N5O/c1-2-20-47(21-3-1)71-55-27-13-12-24-50(55)53-37-46(32-33-56(53)71)66-68-65(45-30-29-40-15-4-5-17-42(40)35-45)69-67(70-66)52-26-14-28-60-64(52)63-51-25-11-10-23-49(51)59(39-61(63)73-60)72-57-34-31-41-16-8-9-22-48(41)62(57)54-36-43-18-6-7-19-44(43)38-58(54)72/h1-39H. The largest absolute Gasteiger partial charge is 0.456 e. The van der Waals surface area contributed by atoms with E-state index in [1.807, 2.05) is 0 Å². The smallest absolute Gasteiger partial charge is 0.164 e. The van der Waals surface area contributed by atoms with Gasteiger partial charge in [-0.1, -0.05) is 164 Å². The third-order valence-electron chi connectivity index (χ3n) is 15.1. The van der Waals surface area contributed by atoms with Crippen LogP contribution in [0.2, 0.25) is 0 Å². The first-order chi connectivity index (χ1) is 36.2. The predicted molar refractivity (Wildman–Crippen MR) is 302 cm³/mol. The van der Waals surface area contributed by atoms with Crippen LogP contribution in [0.3, 0.4) is 0 Å². The van der Waals surface area contributed by atoms with Gasteiger partial charge in [0, 0.05) is 66.1 Å². The molecule has 0 N–H and O–H groups in total. The van der Waals surface area contributed by atoms with Crippen LogP contribution in [-0.2, 0) is 0 Å². The number of furan rings is 1. The molecule has 0 fully saturated rings. The number of para-hydroxylation sites is 2. The van der Waals surface area contributed by atoms with Gasteiger partial charge in [0.2, 0.25) is 0 Å². The minimum absolute atomic E-state index is 0.572. The first-order valence-corrected chi connectivity index (χ1v) is 24.8. The SMILES string of the molecule is c1ccc(-n2c3ccccc3c3cc(-c4nc(-c5ccc6ccccc6c5)nc(-c5cccc6oc7cc(-n8c9cc%10ccccc%10cc9c9c%10ccccc%10ccc98)c8ccccc8c7c56)n4)ccc32)cc1. The fraction of sp³-hybridized carbons (Fsp3) is 0. The van der Waals surface area contributed by atoms with Crippen LogP contribution in [0.25, 0.3) is 154 Å². The van der Waals surface area contributed by atoms with Gasteiger partial charge in [0.1, 0.15) is 11.2 Å². The van der Waals surface area contributed by atoms with E-state index in [1.54, 1.807) is 0 Å². The minimum Gasteiger partial charge on any atom is -0.456 e. The minimum atomic E-state index is 0.572. The summed E-state index contributed by atoms with van der Waals surface area (Å²) in [5, 5.41) is 16.1. The normalized spacial score (nSPS) is 12.1. The average Bonchev–Trinajstić information content (AvgIpc) is 4.11. The van der Waals surface area contributed by atoms with Crippen LogP contribution < -0.4 is 0 Å². The molecule has 0 bridgehead atoms. The van der Waals surface area contributed by atoms with Gasteiger partial charge in [-0.05, 0) is 104 Å². The van der Waals surface area contributed by atoms with Crippen molar-refractivity contribution < 1.29 is 4.42 Å². The first-order valence-electron chi connectivity index (χ1n) is 24.8. The van der Waals surface area contributed by atoms with Gasteiger partial charge >= 0.3 is 0 Å². The second-order valence-electron chi connectivity index (χ2n) is 19.1. The Morgan fingerprint density at radius 1 is 0.288 bits per heavy atom. The summed E-state index contributed by atoms with van der Waals surface area (Å²) >= 11 is 0. The maximum absolute atomic E-state index is 7.05. The molecule has 6 nitrogen and oxygen atoms in total. The molecule has 0 saturated heterocycles. The summed E-state index contributed by atoms with van der Waals surface area (Å²) in [7, 11) is 0. The molecule has 0 atom stereocenters. The Morgan fingerprint density at radius 2 is 0.890 bits per heavy atom. The number of rotatable bonds is 5. The van der Waals surface area contributed by atoms with Crippen molar-refractivity contribution in [1.29, 1.82) is 0 Å². The number of aromatic nitrogens is 5. The molecule has 0 saturated carbocycles. The topological polar surface area (TPSA) is 61.7 Å². The molecule has 4 aromatic heterocycles. The molecule has 4 heterocycles. The number of hydrogen-bond donors (Lipinski definition) is 0. The van der Waals surface area contributed by atoms with Crippen molar-refractivity contribution in [3.63, 3.8) is 0 Å². The van der Waals surface area contributed by atoms with Crippen LogP contribution in [0, 0.1) is 0 Å². The highest BCUT2D eigenvalue weighted by molar-refractivity contribution is 6.27. The molecular formula is C67H39N5O. The quantitative estimate of drug-likeness (QED) is 0.173. The van der Waals surface area contributed by atoms with Crippen LogP contribution in [0.15, 0.2) is 241 Å². The van der Waals surface area contributed by atoms with Crippen molar-refractivity contribution in [2.75, 3.05) is 0 Å². The number of hydrogen-bond acceptors (Lipinski definition) is 4. The third kappa shape index (κ3) is 5.95. The Balaban J connectivity index is 0.949. The summed E-state index contributed by atoms with van der Waals surface area (Å²) in [5.74, 6) is 1.76. The molecule has 0 spiro atoms. The van der Waals surface area contributed by atoms with Crippen molar-refractivity contribution in [2.45, 2.75) is 0 Å². The van der Waals surface area contributed by atoms with E-state index >= 15 is 0 Å². The molecule has 0 aliphatic rings. The molecule has 338 valence electrons. The molecule has 0 aliphatic carbocycles. The molecule has 73 heavy (non-hydrogen) atoms. The summed E-state index contributed by atoms with van der Waals surface area (Å²) in [4.78, 5) is 16.1. The van der Waals surface area contributed by atoms with Crippen LogP contribution in [-0.4, -0.2) is 24.1 Å². The lowest BCUT2D eigenvalue weighted by Gasteiger charge is -2.13. The van der Waals surface area contributed by atoms with Crippen LogP contribution in [0.4, 0.5) is 0 Å². The number of fused-ring (bicyclic) bond motifs is 15. The van der Waals surface area contributed by atoms with Crippen molar-refractivity contribution >= 4 is 109 Å². The Kier molecular flexibility index (Phi) is 8.36. The third-order valence-corrected chi connectivity index (χ3v) is 15.1. The lowest BCUT2D eigenvalue weighted by atomic mass is 9.99. The number of benzene rings is 12. The van der Waals surface area contributed by atoms with Gasteiger partial charge in [0.25, 0.3) is 0 Å². The summed E-state index contributed by atoms with van der Waals surface area (Å²) in [6.45, 7) is 0. The molecule has 0 unspecified atom stereocenters. The maximum atomic E-state index is 7.05. The molecule has 6 heteroatoms. The van der Waals surface area contributed by atoms with E-state index in [9.17, 15) is 0 Å². The molecule has 16 rings (SSSR count). The van der Waals surface area contributed by atoms with Gasteiger partial charge in [-0.2, -0.15) is 0 Å². The molecule has 0 amide bonds. The lowest BCUT2D eigenvalue weighted by Crippen LogP contribution is -2.01. The van der Waals surface area contributed by atoms with E-state index in [4.69, 9.17) is 19.4 Å². The predicted octanol–water partition coefficient (Wildman–Crippen LogP) is 17.6. The van der Waals surface area contributed by atoms with E-state index in [-0.39, 0.29) is 0 Å². The second-order valence-corrected chi connectivity index (χ2v) is 19.1. The number of nitrogens with zero attached hydrogens (tertiary/aromatic N) is 5. The van der Waals surface area contributed by atoms with Gasteiger partial charge in [-0.3, -0.25) is 0 Å².